The highest BCUT2D eigenvalue weighted by molar-refractivity contribution is 5.39. The highest BCUT2D eigenvalue weighted by Crippen LogP contribution is 2.73. The summed E-state index contributed by atoms with van der Waals surface area (Å²) in [5.74, 6) is -0.619. The van der Waals surface area contributed by atoms with Crippen molar-refractivity contribution in [2.75, 3.05) is 5.73 Å². The molecule has 2 bridgehead atoms. The maximum Gasteiger partial charge on any atom is 0.258 e. The second kappa shape index (κ2) is 1.74. The molecule has 1 heterocycles. The van der Waals surface area contributed by atoms with E-state index >= 15 is 0 Å². The first-order chi connectivity index (χ1) is 6.05. The fraction of sp³-hybridized carbons (Fsp3) is 0.667. The zero-order valence-corrected chi connectivity index (χ0v) is 7.43. The molecule has 1 aromatic rings. The number of nitrogens with two attached hydrogens (primary N) is 1. The molecule has 0 unspecified atom stereocenters. The van der Waals surface area contributed by atoms with E-state index in [-0.39, 0.29) is 11.3 Å². The summed E-state index contributed by atoms with van der Waals surface area (Å²) in [5.41, 5.74) is 6.13. The van der Waals surface area contributed by atoms with Gasteiger partial charge < -0.3 is 10.3 Å². The SMILES string of the molecule is CC12CC(c3noc(N)c3F)(C1)C2. The van der Waals surface area contributed by atoms with Crippen LogP contribution in [-0.2, 0) is 5.41 Å². The maximum atomic E-state index is 13.3. The first-order valence-electron chi connectivity index (χ1n) is 4.46. The van der Waals surface area contributed by atoms with Crippen LogP contribution >= 0.6 is 0 Å². The Morgan fingerprint density at radius 3 is 2.46 bits per heavy atom. The summed E-state index contributed by atoms with van der Waals surface area (Å²) in [5, 5.41) is 3.70. The monoisotopic (exact) mass is 182 g/mol. The largest absolute Gasteiger partial charge is 0.365 e. The summed E-state index contributed by atoms with van der Waals surface area (Å²) in [6.45, 7) is 2.22. The van der Waals surface area contributed by atoms with Crippen molar-refractivity contribution in [1.29, 1.82) is 0 Å². The fourth-order valence-corrected chi connectivity index (χ4v) is 3.17. The van der Waals surface area contributed by atoms with Gasteiger partial charge in [-0.2, -0.15) is 4.39 Å². The highest BCUT2D eigenvalue weighted by atomic mass is 19.1. The molecule has 3 saturated carbocycles. The van der Waals surface area contributed by atoms with Gasteiger partial charge in [-0.05, 0) is 24.7 Å². The van der Waals surface area contributed by atoms with Gasteiger partial charge in [-0.1, -0.05) is 12.1 Å². The Morgan fingerprint density at radius 2 is 2.08 bits per heavy atom. The molecule has 70 valence electrons. The third kappa shape index (κ3) is 0.677. The fourth-order valence-electron chi connectivity index (χ4n) is 3.17. The number of nitrogen functional groups attached to an aromatic ring is 1. The van der Waals surface area contributed by atoms with Crippen molar-refractivity contribution in [2.24, 2.45) is 5.41 Å². The summed E-state index contributed by atoms with van der Waals surface area (Å²) >= 11 is 0. The van der Waals surface area contributed by atoms with Gasteiger partial charge in [0.05, 0.1) is 0 Å². The molecular weight excluding hydrogens is 171 g/mol. The van der Waals surface area contributed by atoms with E-state index in [4.69, 9.17) is 5.73 Å². The predicted octanol–water partition coefficient (Wildman–Crippen LogP) is 1.84. The zero-order valence-electron chi connectivity index (χ0n) is 7.43. The van der Waals surface area contributed by atoms with E-state index in [1.165, 1.54) is 0 Å². The topological polar surface area (TPSA) is 52.0 Å². The molecule has 2 N–H and O–H groups in total. The quantitative estimate of drug-likeness (QED) is 0.720. The van der Waals surface area contributed by atoms with Crippen LogP contribution in [0.15, 0.2) is 4.52 Å². The van der Waals surface area contributed by atoms with Gasteiger partial charge in [-0.25, -0.2) is 0 Å². The third-order valence-electron chi connectivity index (χ3n) is 3.46. The van der Waals surface area contributed by atoms with Crippen LogP contribution in [0, 0.1) is 11.2 Å². The molecule has 0 amide bonds. The first-order valence-corrected chi connectivity index (χ1v) is 4.46. The van der Waals surface area contributed by atoms with E-state index in [0.29, 0.717) is 11.1 Å². The van der Waals surface area contributed by atoms with Gasteiger partial charge in [0.2, 0.25) is 5.82 Å². The van der Waals surface area contributed by atoms with Crippen molar-refractivity contribution < 1.29 is 8.91 Å². The molecule has 0 aromatic carbocycles. The van der Waals surface area contributed by atoms with E-state index in [0.717, 1.165) is 19.3 Å². The zero-order chi connectivity index (χ0) is 9.27. The van der Waals surface area contributed by atoms with E-state index in [2.05, 4.69) is 16.6 Å². The Balaban J connectivity index is 1.99. The number of nitrogens with zero attached hydrogens (tertiary/aromatic N) is 1. The number of aromatic nitrogens is 1. The lowest BCUT2D eigenvalue weighted by atomic mass is 9.35. The minimum atomic E-state index is -0.443. The summed E-state index contributed by atoms with van der Waals surface area (Å²) in [4.78, 5) is 0. The van der Waals surface area contributed by atoms with Crippen molar-refractivity contribution >= 4 is 5.88 Å². The number of rotatable bonds is 1. The van der Waals surface area contributed by atoms with Gasteiger partial charge in [0.15, 0.2) is 0 Å². The van der Waals surface area contributed by atoms with Crippen molar-refractivity contribution in [2.45, 2.75) is 31.6 Å². The van der Waals surface area contributed by atoms with Gasteiger partial charge in [-0.15, -0.1) is 0 Å². The Labute approximate surface area is 75.1 Å². The van der Waals surface area contributed by atoms with E-state index < -0.39 is 5.82 Å². The number of hydrogen-bond donors (Lipinski definition) is 1. The van der Waals surface area contributed by atoms with Crippen LogP contribution in [0.1, 0.15) is 31.9 Å². The van der Waals surface area contributed by atoms with Crippen LogP contribution < -0.4 is 5.73 Å². The van der Waals surface area contributed by atoms with Crippen LogP contribution in [0.3, 0.4) is 0 Å². The number of anilines is 1. The molecule has 0 radical (unpaired) electrons. The van der Waals surface area contributed by atoms with Gasteiger partial charge in [0.1, 0.15) is 5.69 Å². The number of hydrogen-bond acceptors (Lipinski definition) is 3. The van der Waals surface area contributed by atoms with Gasteiger partial charge in [-0.3, -0.25) is 0 Å². The standard InChI is InChI=1S/C9H11FN2O/c1-8-2-9(3-8,4-8)6-5(10)7(11)13-12-6/h2-4,11H2,1H3. The van der Waals surface area contributed by atoms with E-state index in [9.17, 15) is 4.39 Å². The van der Waals surface area contributed by atoms with Crippen LogP contribution in [-0.4, -0.2) is 5.16 Å². The molecule has 4 rings (SSSR count). The molecule has 3 aliphatic rings. The van der Waals surface area contributed by atoms with Crippen molar-refractivity contribution in [3.8, 4) is 0 Å². The average molecular weight is 182 g/mol. The second-order valence-corrected chi connectivity index (χ2v) is 4.83. The molecule has 0 spiro atoms. The molecule has 3 fully saturated rings. The molecular formula is C9H11FN2O. The average Bonchev–Trinajstić information content (AvgIpc) is 2.26. The van der Waals surface area contributed by atoms with E-state index in [1.807, 2.05) is 0 Å². The highest BCUT2D eigenvalue weighted by Gasteiger charge is 2.67. The Kier molecular flexibility index (Phi) is 0.983. The van der Waals surface area contributed by atoms with E-state index in [1.54, 1.807) is 0 Å². The van der Waals surface area contributed by atoms with Crippen LogP contribution in [0.25, 0.3) is 0 Å². The summed E-state index contributed by atoms with van der Waals surface area (Å²) in [6.07, 6.45) is 3.09. The molecule has 0 saturated heterocycles. The molecule has 1 aromatic heterocycles. The molecule has 3 nitrogen and oxygen atoms in total. The lowest BCUT2D eigenvalue weighted by Crippen LogP contribution is -2.63. The maximum absolute atomic E-state index is 13.3. The molecule has 0 aliphatic heterocycles. The molecule has 13 heavy (non-hydrogen) atoms. The van der Waals surface area contributed by atoms with Crippen molar-refractivity contribution in [3.05, 3.63) is 11.5 Å². The summed E-state index contributed by atoms with van der Waals surface area (Å²) in [7, 11) is 0. The molecule has 4 heteroatoms. The summed E-state index contributed by atoms with van der Waals surface area (Å²) in [6, 6.07) is 0. The Morgan fingerprint density at radius 1 is 1.46 bits per heavy atom. The molecule has 0 atom stereocenters. The Hall–Kier alpha value is -1.06. The van der Waals surface area contributed by atoms with Gasteiger partial charge >= 0.3 is 0 Å². The van der Waals surface area contributed by atoms with Crippen LogP contribution in [0.4, 0.5) is 10.3 Å². The lowest BCUT2D eigenvalue weighted by molar-refractivity contribution is -0.130. The third-order valence-corrected chi connectivity index (χ3v) is 3.46. The summed E-state index contributed by atoms with van der Waals surface area (Å²) < 4.78 is 18.0. The molecule has 3 aliphatic carbocycles. The smallest absolute Gasteiger partial charge is 0.258 e. The number of halogens is 1. The van der Waals surface area contributed by atoms with Crippen LogP contribution in [0.5, 0.6) is 0 Å². The van der Waals surface area contributed by atoms with Crippen molar-refractivity contribution in [1.82, 2.24) is 5.16 Å². The van der Waals surface area contributed by atoms with Crippen LogP contribution in [0.2, 0.25) is 0 Å². The second-order valence-electron chi connectivity index (χ2n) is 4.83. The predicted molar refractivity (Wildman–Crippen MR) is 44.5 cm³/mol. The van der Waals surface area contributed by atoms with Gasteiger partial charge in [0.25, 0.3) is 5.88 Å². The minimum absolute atomic E-state index is 0.0278. The van der Waals surface area contributed by atoms with Crippen molar-refractivity contribution in [3.63, 3.8) is 0 Å². The normalized spacial score (nSPS) is 41.1. The first kappa shape index (κ1) is 7.35. The Bertz CT molecular complexity index is 365. The van der Waals surface area contributed by atoms with Gasteiger partial charge in [0, 0.05) is 5.41 Å². The minimum Gasteiger partial charge on any atom is -0.365 e. The lowest BCUT2D eigenvalue weighted by Gasteiger charge is -2.68.